The van der Waals surface area contributed by atoms with Crippen molar-refractivity contribution in [3.05, 3.63) is 47.5 Å². The number of rotatable bonds is 5. The zero-order chi connectivity index (χ0) is 19.8. The first-order valence-electron chi connectivity index (χ1n) is 9.50. The van der Waals surface area contributed by atoms with Gasteiger partial charge in [0, 0.05) is 6.42 Å². The molecule has 0 N–H and O–H groups in total. The second-order valence-corrected chi connectivity index (χ2v) is 13.2. The number of fused-ring (bicyclic) bond motifs is 1. The molecule has 1 aliphatic rings. The average molecular weight is 388 g/mol. The third kappa shape index (κ3) is 3.84. The van der Waals surface area contributed by atoms with E-state index >= 15 is 0 Å². The van der Waals surface area contributed by atoms with E-state index in [1.54, 1.807) is 6.92 Å². The molecule has 2 atom stereocenters. The highest BCUT2D eigenvalue weighted by Crippen LogP contribution is 2.45. The van der Waals surface area contributed by atoms with Crippen LogP contribution in [-0.4, -0.2) is 35.7 Å². The summed E-state index contributed by atoms with van der Waals surface area (Å²) in [5, 5.41) is 4.57. The number of nitrogens with zero attached hydrogens (tertiary/aromatic N) is 3. The Morgan fingerprint density at radius 2 is 1.93 bits per heavy atom. The van der Waals surface area contributed by atoms with E-state index in [0.717, 1.165) is 17.8 Å². The van der Waals surface area contributed by atoms with Crippen LogP contribution in [0.2, 0.25) is 18.1 Å². The number of esters is 1. The molecule has 0 saturated heterocycles. The molecule has 146 valence electrons. The molecule has 27 heavy (non-hydrogen) atoms. The van der Waals surface area contributed by atoms with Crippen molar-refractivity contribution in [3.63, 3.8) is 0 Å². The van der Waals surface area contributed by atoms with E-state index in [1.165, 1.54) is 0 Å². The number of carbonyl (C=O) groups is 1. The maximum atomic E-state index is 12.2. The van der Waals surface area contributed by atoms with Gasteiger partial charge >= 0.3 is 5.97 Å². The van der Waals surface area contributed by atoms with Crippen LogP contribution in [0.4, 0.5) is 0 Å². The van der Waals surface area contributed by atoms with Crippen LogP contribution < -0.4 is 0 Å². The highest BCUT2D eigenvalue weighted by molar-refractivity contribution is 6.74. The molecule has 0 amide bonds. The van der Waals surface area contributed by atoms with Crippen molar-refractivity contribution < 1.29 is 14.0 Å². The van der Waals surface area contributed by atoms with Crippen LogP contribution in [0.25, 0.3) is 0 Å². The van der Waals surface area contributed by atoms with E-state index in [4.69, 9.17) is 9.16 Å². The lowest BCUT2D eigenvalue weighted by Crippen LogP contribution is -2.41. The van der Waals surface area contributed by atoms with E-state index in [9.17, 15) is 4.79 Å². The van der Waals surface area contributed by atoms with E-state index in [0.29, 0.717) is 6.61 Å². The van der Waals surface area contributed by atoms with Crippen molar-refractivity contribution in [1.82, 2.24) is 14.8 Å². The van der Waals surface area contributed by atoms with Gasteiger partial charge in [0.15, 0.2) is 14.1 Å². The first kappa shape index (κ1) is 19.8. The van der Waals surface area contributed by atoms with Crippen molar-refractivity contribution >= 4 is 14.3 Å². The first-order valence-corrected chi connectivity index (χ1v) is 12.4. The van der Waals surface area contributed by atoms with Crippen LogP contribution in [0.1, 0.15) is 68.3 Å². The highest BCUT2D eigenvalue weighted by Gasteiger charge is 2.44. The van der Waals surface area contributed by atoms with Crippen LogP contribution in [0.3, 0.4) is 0 Å². The lowest BCUT2D eigenvalue weighted by Gasteiger charge is -2.38. The summed E-state index contributed by atoms with van der Waals surface area (Å²) in [7, 11) is -2.00. The summed E-state index contributed by atoms with van der Waals surface area (Å²) in [6, 6.07) is 10.2. The molecule has 2 heterocycles. The van der Waals surface area contributed by atoms with Crippen LogP contribution in [-0.2, 0) is 9.16 Å². The standard InChI is InChI=1S/C20H29N3O3Si/c1-7-25-19(24)17-21-18-16(26-27(5,6)20(2,3)4)13-15(23(18)22-17)14-11-9-8-10-12-14/h8-12,15-16H,7,13H2,1-6H3/t15-,16?/m0/s1. The second-order valence-electron chi connectivity index (χ2n) is 8.49. The van der Waals surface area contributed by atoms with Crippen LogP contribution in [0.5, 0.6) is 0 Å². The summed E-state index contributed by atoms with van der Waals surface area (Å²) >= 11 is 0. The Kier molecular flexibility index (Phi) is 5.27. The van der Waals surface area contributed by atoms with Crippen LogP contribution >= 0.6 is 0 Å². The van der Waals surface area contributed by atoms with Gasteiger partial charge in [-0.05, 0) is 30.6 Å². The van der Waals surface area contributed by atoms with Gasteiger partial charge in [0.1, 0.15) is 6.10 Å². The van der Waals surface area contributed by atoms with Gasteiger partial charge in [-0.25, -0.2) is 14.5 Å². The number of hydrogen-bond acceptors (Lipinski definition) is 5. The maximum absolute atomic E-state index is 12.2. The number of ether oxygens (including phenoxy) is 1. The van der Waals surface area contributed by atoms with Gasteiger partial charge in [-0.15, -0.1) is 5.10 Å². The molecule has 2 aromatic rings. The van der Waals surface area contributed by atoms with Crippen molar-refractivity contribution in [1.29, 1.82) is 0 Å². The van der Waals surface area contributed by atoms with Gasteiger partial charge in [-0.1, -0.05) is 51.1 Å². The third-order valence-electron chi connectivity index (χ3n) is 5.56. The van der Waals surface area contributed by atoms with Crippen LogP contribution in [0.15, 0.2) is 30.3 Å². The summed E-state index contributed by atoms with van der Waals surface area (Å²) in [5.74, 6) is 0.338. The summed E-state index contributed by atoms with van der Waals surface area (Å²) in [6.45, 7) is 13.2. The number of benzene rings is 1. The SMILES string of the molecule is CCOC(=O)c1nc2n(n1)[C@H](c1ccccc1)CC2O[Si](C)(C)C(C)(C)C. The predicted octanol–water partition coefficient (Wildman–Crippen LogP) is 4.51. The largest absolute Gasteiger partial charge is 0.460 e. The molecule has 0 saturated carbocycles. The fourth-order valence-corrected chi connectivity index (χ4v) is 4.33. The fraction of sp³-hybridized carbons (Fsp3) is 0.550. The Bertz CT molecular complexity index is 812. The quantitative estimate of drug-likeness (QED) is 0.558. The Morgan fingerprint density at radius 1 is 1.26 bits per heavy atom. The van der Waals surface area contributed by atoms with E-state index in [-0.39, 0.29) is 23.0 Å². The highest BCUT2D eigenvalue weighted by atomic mass is 28.4. The monoisotopic (exact) mass is 387 g/mol. The van der Waals surface area contributed by atoms with E-state index in [1.807, 2.05) is 22.9 Å². The molecule has 1 unspecified atom stereocenters. The summed E-state index contributed by atoms with van der Waals surface area (Å²) in [4.78, 5) is 16.7. The van der Waals surface area contributed by atoms with Gasteiger partial charge in [-0.3, -0.25) is 0 Å². The number of hydrogen-bond donors (Lipinski definition) is 0. The lowest BCUT2D eigenvalue weighted by molar-refractivity contribution is 0.0510. The summed E-state index contributed by atoms with van der Waals surface area (Å²) in [6.07, 6.45) is 0.598. The first-order chi connectivity index (χ1) is 12.6. The van der Waals surface area contributed by atoms with Gasteiger partial charge in [-0.2, -0.15) is 0 Å². The van der Waals surface area contributed by atoms with Crippen molar-refractivity contribution in [2.75, 3.05) is 6.61 Å². The maximum Gasteiger partial charge on any atom is 0.378 e. The van der Waals surface area contributed by atoms with E-state index < -0.39 is 14.3 Å². The normalized spacial score (nSPS) is 19.8. The van der Waals surface area contributed by atoms with Crippen molar-refractivity contribution in [2.45, 2.75) is 64.4 Å². The molecular formula is C20H29N3O3Si. The van der Waals surface area contributed by atoms with Crippen molar-refractivity contribution in [2.24, 2.45) is 0 Å². The minimum Gasteiger partial charge on any atom is -0.460 e. The van der Waals surface area contributed by atoms with Crippen LogP contribution in [0, 0.1) is 0 Å². The zero-order valence-electron chi connectivity index (χ0n) is 17.0. The molecule has 1 aromatic heterocycles. The Hall–Kier alpha value is -1.99. The Morgan fingerprint density at radius 3 is 2.52 bits per heavy atom. The molecule has 0 fully saturated rings. The van der Waals surface area contributed by atoms with Gasteiger partial charge in [0.05, 0.1) is 12.6 Å². The molecule has 1 aromatic carbocycles. The van der Waals surface area contributed by atoms with Crippen molar-refractivity contribution in [3.8, 4) is 0 Å². The predicted molar refractivity (Wildman–Crippen MR) is 106 cm³/mol. The zero-order valence-corrected chi connectivity index (χ0v) is 18.0. The van der Waals surface area contributed by atoms with Gasteiger partial charge in [0.25, 0.3) is 5.82 Å². The summed E-state index contributed by atoms with van der Waals surface area (Å²) < 4.78 is 13.6. The van der Waals surface area contributed by atoms with E-state index in [2.05, 4.69) is 56.1 Å². The minimum atomic E-state index is -2.00. The molecular weight excluding hydrogens is 358 g/mol. The molecule has 0 radical (unpaired) electrons. The second kappa shape index (κ2) is 7.20. The summed E-state index contributed by atoms with van der Waals surface area (Å²) in [5.41, 5.74) is 1.14. The smallest absolute Gasteiger partial charge is 0.378 e. The molecule has 3 rings (SSSR count). The lowest BCUT2D eigenvalue weighted by atomic mass is 10.0. The molecule has 0 aliphatic carbocycles. The van der Waals surface area contributed by atoms with Gasteiger partial charge in [0.2, 0.25) is 0 Å². The topological polar surface area (TPSA) is 66.2 Å². The number of aromatic nitrogens is 3. The average Bonchev–Trinajstić information content (AvgIpc) is 3.15. The number of carbonyl (C=O) groups excluding carboxylic acids is 1. The third-order valence-corrected chi connectivity index (χ3v) is 10.0. The van der Waals surface area contributed by atoms with Gasteiger partial charge < -0.3 is 9.16 Å². The minimum absolute atomic E-state index is 0.00615. The molecule has 0 spiro atoms. The Labute approximate surface area is 162 Å². The molecule has 1 aliphatic heterocycles. The molecule has 0 bridgehead atoms. The molecule has 7 heteroatoms. The Balaban J connectivity index is 1.98. The fourth-order valence-electron chi connectivity index (χ4n) is 3.06. The molecule has 6 nitrogen and oxygen atoms in total.